The molecule has 0 aliphatic carbocycles. The first-order valence-electron chi connectivity index (χ1n) is 6.55. The lowest BCUT2D eigenvalue weighted by molar-refractivity contribution is -0.384. The molecule has 5 nitrogen and oxygen atoms in total. The Labute approximate surface area is 117 Å². The Kier molecular flexibility index (Phi) is 3.35. The molecule has 1 fully saturated rings. The zero-order valence-electron chi connectivity index (χ0n) is 10.9. The van der Waals surface area contributed by atoms with E-state index in [1.807, 2.05) is 18.2 Å². The fourth-order valence-corrected chi connectivity index (χ4v) is 2.54. The van der Waals surface area contributed by atoms with E-state index < -0.39 is 0 Å². The van der Waals surface area contributed by atoms with Crippen LogP contribution in [0.15, 0.2) is 54.6 Å². The van der Waals surface area contributed by atoms with E-state index in [4.69, 9.17) is 0 Å². The molecule has 1 atom stereocenters. The summed E-state index contributed by atoms with van der Waals surface area (Å²) in [6.07, 6.45) is 0.123. The van der Waals surface area contributed by atoms with Crippen molar-refractivity contribution in [2.45, 2.75) is 6.17 Å². The van der Waals surface area contributed by atoms with Crippen LogP contribution >= 0.6 is 0 Å². The van der Waals surface area contributed by atoms with Gasteiger partial charge in [-0.25, -0.2) is 0 Å². The van der Waals surface area contributed by atoms with Crippen molar-refractivity contribution in [3.8, 4) is 0 Å². The maximum absolute atomic E-state index is 10.7. The first kappa shape index (κ1) is 12.6. The van der Waals surface area contributed by atoms with Crippen LogP contribution in [0.1, 0.15) is 11.7 Å². The number of nitrogens with one attached hydrogen (secondary N) is 1. The fraction of sp³-hybridized carbons (Fsp3) is 0.200. The first-order valence-corrected chi connectivity index (χ1v) is 6.55. The normalized spacial score (nSPS) is 18.2. The van der Waals surface area contributed by atoms with E-state index in [-0.39, 0.29) is 16.8 Å². The molecule has 1 saturated heterocycles. The first-order chi connectivity index (χ1) is 9.75. The number of nitro groups is 1. The van der Waals surface area contributed by atoms with Gasteiger partial charge in [0.2, 0.25) is 0 Å². The summed E-state index contributed by atoms with van der Waals surface area (Å²) in [6.45, 7) is 1.79. The van der Waals surface area contributed by atoms with E-state index in [1.165, 1.54) is 5.56 Å². The quantitative estimate of drug-likeness (QED) is 0.687. The monoisotopic (exact) mass is 269 g/mol. The molecule has 2 aromatic rings. The molecule has 0 saturated carbocycles. The van der Waals surface area contributed by atoms with E-state index in [9.17, 15) is 10.1 Å². The lowest BCUT2D eigenvalue weighted by Crippen LogP contribution is -2.27. The second-order valence-corrected chi connectivity index (χ2v) is 4.73. The molecule has 0 amide bonds. The molecule has 1 N–H and O–H groups in total. The van der Waals surface area contributed by atoms with Gasteiger partial charge in [-0.2, -0.15) is 0 Å². The average Bonchev–Trinajstić information content (AvgIpc) is 2.97. The number of non-ortho nitro benzene ring substituents is 1. The SMILES string of the molecule is O=[N+]([O-])c1ccc(N2CCNC2c2ccccc2)cc1. The van der Waals surface area contributed by atoms with E-state index in [0.29, 0.717) is 0 Å². The summed E-state index contributed by atoms with van der Waals surface area (Å²) < 4.78 is 0. The van der Waals surface area contributed by atoms with Gasteiger partial charge in [-0.15, -0.1) is 0 Å². The van der Waals surface area contributed by atoms with Crippen molar-refractivity contribution in [1.29, 1.82) is 0 Å². The van der Waals surface area contributed by atoms with Crippen LogP contribution in [0, 0.1) is 10.1 Å². The highest BCUT2D eigenvalue weighted by atomic mass is 16.6. The Morgan fingerprint density at radius 2 is 1.80 bits per heavy atom. The third kappa shape index (κ3) is 2.35. The van der Waals surface area contributed by atoms with Gasteiger partial charge in [0.15, 0.2) is 0 Å². The van der Waals surface area contributed by atoms with Crippen LogP contribution < -0.4 is 10.2 Å². The third-order valence-corrected chi connectivity index (χ3v) is 3.51. The molecule has 1 unspecified atom stereocenters. The summed E-state index contributed by atoms with van der Waals surface area (Å²) >= 11 is 0. The second kappa shape index (κ2) is 5.30. The largest absolute Gasteiger partial charge is 0.351 e. The van der Waals surface area contributed by atoms with E-state index in [1.54, 1.807) is 24.3 Å². The van der Waals surface area contributed by atoms with Crippen LogP contribution in [0.5, 0.6) is 0 Å². The summed E-state index contributed by atoms with van der Waals surface area (Å²) in [4.78, 5) is 12.5. The smallest absolute Gasteiger partial charge is 0.269 e. The van der Waals surface area contributed by atoms with Crippen molar-refractivity contribution < 1.29 is 4.92 Å². The number of nitro benzene ring substituents is 1. The minimum absolute atomic E-state index is 0.122. The van der Waals surface area contributed by atoms with Crippen LogP contribution in [0.4, 0.5) is 11.4 Å². The maximum Gasteiger partial charge on any atom is 0.269 e. The number of anilines is 1. The van der Waals surface area contributed by atoms with Crippen LogP contribution in [0.25, 0.3) is 0 Å². The summed E-state index contributed by atoms with van der Waals surface area (Å²) in [5.41, 5.74) is 2.31. The lowest BCUT2D eigenvalue weighted by atomic mass is 10.1. The zero-order chi connectivity index (χ0) is 13.9. The standard InChI is InChI=1S/C15H15N3O2/c19-18(20)14-8-6-13(7-9-14)17-11-10-16-15(17)12-4-2-1-3-5-12/h1-9,15-16H,10-11H2. The molecule has 3 rings (SSSR count). The predicted molar refractivity (Wildman–Crippen MR) is 77.6 cm³/mol. The number of benzene rings is 2. The van der Waals surface area contributed by atoms with Crippen molar-refractivity contribution >= 4 is 11.4 Å². The highest BCUT2D eigenvalue weighted by Gasteiger charge is 2.25. The van der Waals surface area contributed by atoms with Crippen LogP contribution in [-0.2, 0) is 0 Å². The second-order valence-electron chi connectivity index (χ2n) is 4.73. The van der Waals surface area contributed by atoms with Crippen LogP contribution in [0.2, 0.25) is 0 Å². The molecular formula is C15H15N3O2. The van der Waals surface area contributed by atoms with Crippen molar-refractivity contribution in [1.82, 2.24) is 5.32 Å². The molecule has 0 spiro atoms. The lowest BCUT2D eigenvalue weighted by Gasteiger charge is -2.26. The third-order valence-electron chi connectivity index (χ3n) is 3.51. The highest BCUT2D eigenvalue weighted by Crippen LogP contribution is 2.29. The van der Waals surface area contributed by atoms with Crippen molar-refractivity contribution in [2.75, 3.05) is 18.0 Å². The van der Waals surface area contributed by atoms with Gasteiger partial charge < -0.3 is 4.90 Å². The molecule has 1 aliphatic rings. The van der Waals surface area contributed by atoms with Gasteiger partial charge in [-0.05, 0) is 17.7 Å². The maximum atomic E-state index is 10.7. The molecule has 2 aromatic carbocycles. The molecule has 0 bridgehead atoms. The predicted octanol–water partition coefficient (Wildman–Crippen LogP) is 2.70. The Morgan fingerprint density at radius 3 is 2.45 bits per heavy atom. The van der Waals surface area contributed by atoms with Gasteiger partial charge in [0.05, 0.1) is 4.92 Å². The number of hydrogen-bond donors (Lipinski definition) is 1. The van der Waals surface area contributed by atoms with Gasteiger partial charge in [0.1, 0.15) is 6.17 Å². The molecule has 1 aliphatic heterocycles. The van der Waals surface area contributed by atoms with Gasteiger partial charge >= 0.3 is 0 Å². The van der Waals surface area contributed by atoms with Gasteiger partial charge in [0.25, 0.3) is 5.69 Å². The molecular weight excluding hydrogens is 254 g/mol. The molecule has 1 heterocycles. The van der Waals surface area contributed by atoms with E-state index in [2.05, 4.69) is 22.3 Å². The molecule has 0 radical (unpaired) electrons. The minimum Gasteiger partial charge on any atom is -0.351 e. The highest BCUT2D eigenvalue weighted by molar-refractivity contribution is 5.53. The summed E-state index contributed by atoms with van der Waals surface area (Å²) in [5.74, 6) is 0. The molecule has 20 heavy (non-hydrogen) atoms. The van der Waals surface area contributed by atoms with Crippen molar-refractivity contribution in [3.63, 3.8) is 0 Å². The Hall–Kier alpha value is -2.40. The minimum atomic E-state index is -0.374. The fourth-order valence-electron chi connectivity index (χ4n) is 2.54. The van der Waals surface area contributed by atoms with Crippen LogP contribution in [-0.4, -0.2) is 18.0 Å². The van der Waals surface area contributed by atoms with E-state index >= 15 is 0 Å². The van der Waals surface area contributed by atoms with Crippen LogP contribution in [0.3, 0.4) is 0 Å². The number of nitrogens with zero attached hydrogens (tertiary/aromatic N) is 2. The topological polar surface area (TPSA) is 58.4 Å². The summed E-state index contributed by atoms with van der Waals surface area (Å²) in [6, 6.07) is 16.9. The average molecular weight is 269 g/mol. The Bertz CT molecular complexity index is 598. The summed E-state index contributed by atoms with van der Waals surface area (Å²) in [7, 11) is 0. The zero-order valence-corrected chi connectivity index (χ0v) is 10.9. The molecule has 0 aromatic heterocycles. The van der Waals surface area contributed by atoms with Gasteiger partial charge in [0, 0.05) is 30.9 Å². The number of hydrogen-bond acceptors (Lipinski definition) is 4. The van der Waals surface area contributed by atoms with Crippen molar-refractivity contribution in [3.05, 3.63) is 70.3 Å². The Morgan fingerprint density at radius 1 is 1.10 bits per heavy atom. The van der Waals surface area contributed by atoms with Gasteiger partial charge in [-0.3, -0.25) is 15.4 Å². The summed E-state index contributed by atoms with van der Waals surface area (Å²) in [5, 5.41) is 14.1. The Balaban J connectivity index is 1.87. The van der Waals surface area contributed by atoms with E-state index in [0.717, 1.165) is 18.8 Å². The molecule has 102 valence electrons. The van der Waals surface area contributed by atoms with Crippen molar-refractivity contribution in [2.24, 2.45) is 0 Å². The number of rotatable bonds is 3. The molecule has 5 heteroatoms. The van der Waals surface area contributed by atoms with Gasteiger partial charge in [-0.1, -0.05) is 30.3 Å².